The molecular formula is C12H17NOS. The number of aliphatic hydroxyl groups excluding tert-OH is 1. The Morgan fingerprint density at radius 1 is 1.27 bits per heavy atom. The number of fused-ring (bicyclic) bond motifs is 1. The fourth-order valence-electron chi connectivity index (χ4n) is 0.988. The molecule has 2 rings (SSSR count). The van der Waals surface area contributed by atoms with Gasteiger partial charge < -0.3 is 5.11 Å². The minimum Gasteiger partial charge on any atom is -0.389 e. The van der Waals surface area contributed by atoms with Gasteiger partial charge in [0.2, 0.25) is 0 Å². The first-order valence-corrected chi connectivity index (χ1v) is 5.90. The van der Waals surface area contributed by atoms with Gasteiger partial charge in [0.25, 0.3) is 0 Å². The summed E-state index contributed by atoms with van der Waals surface area (Å²) < 4.78 is 1.14. The summed E-state index contributed by atoms with van der Waals surface area (Å²) in [6.45, 7) is 6.54. The van der Waals surface area contributed by atoms with Crippen LogP contribution in [0.1, 0.15) is 25.8 Å². The number of nitrogens with zero attached hydrogens (tertiary/aromatic N) is 1. The highest BCUT2D eigenvalue weighted by Crippen LogP contribution is 2.20. The summed E-state index contributed by atoms with van der Waals surface area (Å²) in [5.74, 6) is 0.833. The zero-order valence-electron chi connectivity index (χ0n) is 9.40. The molecule has 3 heteroatoms. The van der Waals surface area contributed by atoms with E-state index in [-0.39, 0.29) is 6.61 Å². The van der Waals surface area contributed by atoms with Crippen molar-refractivity contribution in [1.29, 1.82) is 0 Å². The van der Waals surface area contributed by atoms with Gasteiger partial charge in [0, 0.05) is 0 Å². The molecule has 0 fully saturated rings. The quantitative estimate of drug-likeness (QED) is 0.803. The molecule has 0 saturated carbocycles. The van der Waals surface area contributed by atoms with Gasteiger partial charge in [-0.1, -0.05) is 32.9 Å². The van der Waals surface area contributed by atoms with Crippen molar-refractivity contribution >= 4 is 21.6 Å². The second-order valence-corrected chi connectivity index (χ2v) is 5.08. The van der Waals surface area contributed by atoms with Crippen molar-refractivity contribution in [2.45, 2.75) is 27.4 Å². The monoisotopic (exact) mass is 223 g/mol. The summed E-state index contributed by atoms with van der Waals surface area (Å²) in [4.78, 5) is 4.20. The van der Waals surface area contributed by atoms with Crippen molar-refractivity contribution < 1.29 is 5.11 Å². The molecule has 0 amide bonds. The summed E-state index contributed by atoms with van der Waals surface area (Å²) in [7, 11) is 0. The number of aliphatic hydroxyl groups is 1. The fourth-order valence-corrected chi connectivity index (χ4v) is 1.81. The van der Waals surface area contributed by atoms with Crippen LogP contribution in [0.4, 0.5) is 0 Å². The lowest BCUT2D eigenvalue weighted by atomic mass is 10.3. The second kappa shape index (κ2) is 5.83. The first kappa shape index (κ1) is 12.1. The van der Waals surface area contributed by atoms with E-state index in [0.29, 0.717) is 0 Å². The Hall–Kier alpha value is -0.930. The van der Waals surface area contributed by atoms with Gasteiger partial charge in [0.1, 0.15) is 5.01 Å². The topological polar surface area (TPSA) is 33.1 Å². The highest BCUT2D eigenvalue weighted by molar-refractivity contribution is 7.18. The maximum atomic E-state index is 8.79. The Morgan fingerprint density at radius 2 is 1.87 bits per heavy atom. The summed E-state index contributed by atoms with van der Waals surface area (Å²) >= 11 is 1.54. The van der Waals surface area contributed by atoms with Crippen LogP contribution in [0.5, 0.6) is 0 Å². The molecule has 82 valence electrons. The van der Waals surface area contributed by atoms with Gasteiger partial charge in [-0.15, -0.1) is 11.3 Å². The third-order valence-corrected chi connectivity index (χ3v) is 2.49. The molecular weight excluding hydrogens is 206 g/mol. The summed E-state index contributed by atoms with van der Waals surface area (Å²) in [5.41, 5.74) is 0.974. The van der Waals surface area contributed by atoms with E-state index < -0.39 is 0 Å². The molecule has 0 aliphatic carbocycles. The number of aromatic nitrogens is 1. The molecule has 0 unspecified atom stereocenters. The van der Waals surface area contributed by atoms with E-state index in [4.69, 9.17) is 5.11 Å². The number of hydrogen-bond acceptors (Lipinski definition) is 3. The van der Waals surface area contributed by atoms with Crippen LogP contribution in [0.3, 0.4) is 0 Å². The van der Waals surface area contributed by atoms with E-state index in [1.807, 2.05) is 24.3 Å². The van der Waals surface area contributed by atoms with E-state index >= 15 is 0 Å². The number of para-hydroxylation sites is 1. The Labute approximate surface area is 94.6 Å². The molecule has 1 N–H and O–H groups in total. The van der Waals surface area contributed by atoms with Crippen LogP contribution in [-0.4, -0.2) is 10.1 Å². The van der Waals surface area contributed by atoms with Gasteiger partial charge in [0.15, 0.2) is 0 Å². The van der Waals surface area contributed by atoms with E-state index in [1.165, 1.54) is 11.3 Å². The lowest BCUT2D eigenvalue weighted by Gasteiger charge is -1.80. The average Bonchev–Trinajstić information content (AvgIpc) is 2.59. The number of benzene rings is 1. The van der Waals surface area contributed by atoms with Gasteiger partial charge in [-0.3, -0.25) is 0 Å². The molecule has 0 radical (unpaired) electrons. The zero-order chi connectivity index (χ0) is 11.3. The van der Waals surface area contributed by atoms with Gasteiger partial charge in [-0.05, 0) is 18.1 Å². The number of thiazole rings is 1. The third-order valence-electron chi connectivity index (χ3n) is 1.47. The van der Waals surface area contributed by atoms with Gasteiger partial charge in [-0.25, -0.2) is 4.98 Å². The Bertz CT molecular complexity index is 373. The SMILES string of the molecule is CC(C)C.OCc1nc2ccccc2s1. The molecule has 1 aromatic carbocycles. The van der Waals surface area contributed by atoms with Crippen molar-refractivity contribution in [1.82, 2.24) is 4.98 Å². The Kier molecular flexibility index (Phi) is 4.72. The van der Waals surface area contributed by atoms with Crippen LogP contribution in [0, 0.1) is 5.92 Å². The minimum absolute atomic E-state index is 0.0410. The van der Waals surface area contributed by atoms with Crippen molar-refractivity contribution in [3.8, 4) is 0 Å². The molecule has 2 nitrogen and oxygen atoms in total. The third kappa shape index (κ3) is 3.98. The van der Waals surface area contributed by atoms with Crippen LogP contribution in [0.25, 0.3) is 10.2 Å². The molecule has 1 aromatic heterocycles. The van der Waals surface area contributed by atoms with Crippen LogP contribution >= 0.6 is 11.3 Å². The Balaban J connectivity index is 0.000000245. The predicted molar refractivity (Wildman–Crippen MR) is 66.1 cm³/mol. The largest absolute Gasteiger partial charge is 0.389 e. The molecule has 0 bridgehead atoms. The lowest BCUT2D eigenvalue weighted by Crippen LogP contribution is -1.76. The lowest BCUT2D eigenvalue weighted by molar-refractivity contribution is 0.281. The minimum atomic E-state index is 0.0410. The molecule has 1 heterocycles. The van der Waals surface area contributed by atoms with Crippen LogP contribution in [-0.2, 0) is 6.61 Å². The van der Waals surface area contributed by atoms with E-state index in [0.717, 1.165) is 21.1 Å². The Morgan fingerprint density at radius 3 is 2.40 bits per heavy atom. The molecule has 0 spiro atoms. The number of hydrogen-bond donors (Lipinski definition) is 1. The highest BCUT2D eigenvalue weighted by Gasteiger charge is 1.99. The van der Waals surface area contributed by atoms with Crippen LogP contribution in [0.2, 0.25) is 0 Å². The van der Waals surface area contributed by atoms with Crippen molar-refractivity contribution in [2.24, 2.45) is 5.92 Å². The maximum Gasteiger partial charge on any atom is 0.119 e. The summed E-state index contributed by atoms with van der Waals surface area (Å²) in [5, 5.41) is 9.57. The maximum absolute atomic E-state index is 8.79. The summed E-state index contributed by atoms with van der Waals surface area (Å²) in [6.07, 6.45) is 0. The van der Waals surface area contributed by atoms with Gasteiger partial charge in [0.05, 0.1) is 16.8 Å². The molecule has 0 aliphatic rings. The second-order valence-electron chi connectivity index (χ2n) is 3.97. The molecule has 2 aromatic rings. The normalized spacial score (nSPS) is 10.2. The molecule has 0 atom stereocenters. The van der Waals surface area contributed by atoms with Crippen molar-refractivity contribution in [3.63, 3.8) is 0 Å². The van der Waals surface area contributed by atoms with Crippen LogP contribution in [0.15, 0.2) is 24.3 Å². The van der Waals surface area contributed by atoms with Crippen molar-refractivity contribution in [2.75, 3.05) is 0 Å². The van der Waals surface area contributed by atoms with Gasteiger partial charge >= 0.3 is 0 Å². The van der Waals surface area contributed by atoms with E-state index in [1.54, 1.807) is 0 Å². The predicted octanol–water partition coefficient (Wildman–Crippen LogP) is 3.45. The fraction of sp³-hybridized carbons (Fsp3) is 0.417. The standard InChI is InChI=1S/C8H7NOS.C4H10/c10-5-8-9-6-3-1-2-4-7(6)11-8;1-4(2)3/h1-4,10H,5H2;4H,1-3H3. The van der Waals surface area contributed by atoms with Gasteiger partial charge in [-0.2, -0.15) is 0 Å². The van der Waals surface area contributed by atoms with Crippen LogP contribution < -0.4 is 0 Å². The summed E-state index contributed by atoms with van der Waals surface area (Å²) in [6, 6.07) is 7.88. The molecule has 0 saturated heterocycles. The first-order chi connectivity index (χ1) is 7.13. The first-order valence-electron chi connectivity index (χ1n) is 5.08. The highest BCUT2D eigenvalue weighted by atomic mass is 32.1. The van der Waals surface area contributed by atoms with E-state index in [9.17, 15) is 0 Å². The van der Waals surface area contributed by atoms with E-state index in [2.05, 4.69) is 25.8 Å². The molecule has 15 heavy (non-hydrogen) atoms. The zero-order valence-corrected chi connectivity index (χ0v) is 10.2. The number of rotatable bonds is 1. The average molecular weight is 223 g/mol. The smallest absolute Gasteiger partial charge is 0.119 e. The van der Waals surface area contributed by atoms with Crippen molar-refractivity contribution in [3.05, 3.63) is 29.3 Å². The molecule has 0 aliphatic heterocycles.